The van der Waals surface area contributed by atoms with Gasteiger partial charge in [-0.1, -0.05) is 11.6 Å². The fourth-order valence-electron chi connectivity index (χ4n) is 2.06. The molecule has 1 saturated carbocycles. The molecule has 1 fully saturated rings. The van der Waals surface area contributed by atoms with Gasteiger partial charge in [-0.3, -0.25) is 10.1 Å². The maximum Gasteiger partial charge on any atom is 0.275 e. The maximum atomic E-state index is 10.9. The number of hydrogen-bond donors (Lipinski definition) is 1. The summed E-state index contributed by atoms with van der Waals surface area (Å²) in [5.74, 6) is 0.532. The molecular formula is C12H15ClN2O3. The topological polar surface area (TPSA) is 78.4 Å². The van der Waals surface area contributed by atoms with Crippen LogP contribution in [0.25, 0.3) is 0 Å². The Morgan fingerprint density at radius 2 is 2.22 bits per heavy atom. The molecule has 0 atom stereocenters. The Morgan fingerprint density at radius 3 is 2.83 bits per heavy atom. The highest BCUT2D eigenvalue weighted by atomic mass is 35.5. The molecule has 0 radical (unpaired) electrons. The smallest absolute Gasteiger partial charge is 0.275 e. The first kappa shape index (κ1) is 13.3. The minimum absolute atomic E-state index is 0.0501. The zero-order valence-electron chi connectivity index (χ0n) is 9.84. The molecule has 1 aromatic rings. The van der Waals surface area contributed by atoms with E-state index < -0.39 is 4.92 Å². The van der Waals surface area contributed by atoms with Gasteiger partial charge in [0.15, 0.2) is 0 Å². The molecule has 18 heavy (non-hydrogen) atoms. The number of nitrogens with two attached hydrogens (primary N) is 1. The monoisotopic (exact) mass is 270 g/mol. The van der Waals surface area contributed by atoms with E-state index in [0.717, 1.165) is 12.8 Å². The van der Waals surface area contributed by atoms with Crippen molar-refractivity contribution in [2.75, 3.05) is 6.54 Å². The van der Waals surface area contributed by atoms with E-state index in [1.807, 2.05) is 0 Å². The lowest BCUT2D eigenvalue weighted by atomic mass is 9.82. The van der Waals surface area contributed by atoms with Gasteiger partial charge in [0.25, 0.3) is 5.69 Å². The quantitative estimate of drug-likeness (QED) is 0.659. The van der Waals surface area contributed by atoms with Crippen molar-refractivity contribution < 1.29 is 9.66 Å². The number of halogens is 1. The van der Waals surface area contributed by atoms with E-state index in [1.165, 1.54) is 12.1 Å². The third-order valence-electron chi connectivity index (χ3n) is 3.24. The third kappa shape index (κ3) is 2.98. The summed E-state index contributed by atoms with van der Waals surface area (Å²) < 4.78 is 5.62. The summed E-state index contributed by atoms with van der Waals surface area (Å²) in [7, 11) is 0. The van der Waals surface area contributed by atoms with Crippen molar-refractivity contribution in [1.29, 1.82) is 0 Å². The van der Waals surface area contributed by atoms with Crippen LogP contribution in [-0.4, -0.2) is 17.6 Å². The van der Waals surface area contributed by atoms with E-state index in [0.29, 0.717) is 23.0 Å². The highest BCUT2D eigenvalue weighted by Crippen LogP contribution is 2.31. The molecule has 0 spiro atoms. The Labute approximate surface area is 110 Å². The summed E-state index contributed by atoms with van der Waals surface area (Å²) in [6, 6.07) is 4.50. The van der Waals surface area contributed by atoms with Gasteiger partial charge < -0.3 is 10.5 Å². The predicted octanol–water partition coefficient (Wildman–Crippen LogP) is 2.50. The Kier molecular flexibility index (Phi) is 4.16. The molecule has 1 aliphatic rings. The molecule has 0 bridgehead atoms. The summed E-state index contributed by atoms with van der Waals surface area (Å²) in [5, 5.41) is 11.3. The van der Waals surface area contributed by atoms with E-state index in [-0.39, 0.29) is 18.4 Å². The van der Waals surface area contributed by atoms with Crippen LogP contribution in [0.2, 0.25) is 5.02 Å². The van der Waals surface area contributed by atoms with E-state index in [9.17, 15) is 10.1 Å². The van der Waals surface area contributed by atoms with Crippen molar-refractivity contribution in [3.05, 3.63) is 38.9 Å². The molecule has 5 nitrogen and oxygen atoms in total. The molecule has 0 unspecified atom stereocenters. The first-order chi connectivity index (χ1) is 8.60. The van der Waals surface area contributed by atoms with Crippen LogP contribution in [0.3, 0.4) is 0 Å². The Hall–Kier alpha value is -1.17. The Balaban J connectivity index is 1.96. The fourth-order valence-corrected chi connectivity index (χ4v) is 2.25. The molecule has 0 saturated heterocycles. The molecule has 0 aliphatic heterocycles. The summed E-state index contributed by atoms with van der Waals surface area (Å²) in [4.78, 5) is 10.4. The minimum atomic E-state index is -0.418. The van der Waals surface area contributed by atoms with Gasteiger partial charge in [-0.05, 0) is 37.4 Å². The number of hydrogen-bond acceptors (Lipinski definition) is 4. The second-order valence-corrected chi connectivity index (χ2v) is 4.97. The summed E-state index contributed by atoms with van der Waals surface area (Å²) in [5.41, 5.74) is 6.09. The van der Waals surface area contributed by atoms with Crippen LogP contribution in [0, 0.1) is 16.0 Å². The standard InChI is InChI=1S/C12H15ClN2O3/c13-10-1-2-12(15(16)17)9(5-10)7-18-11-3-8(4-11)6-14/h1-2,5,8,11H,3-4,6-7,14H2. The van der Waals surface area contributed by atoms with Gasteiger partial charge in [-0.2, -0.15) is 0 Å². The van der Waals surface area contributed by atoms with E-state index in [4.69, 9.17) is 22.1 Å². The SMILES string of the molecule is NCC1CC(OCc2cc(Cl)ccc2[N+](=O)[O-])C1. The summed E-state index contributed by atoms with van der Waals surface area (Å²) >= 11 is 5.84. The van der Waals surface area contributed by atoms with Crippen LogP contribution in [0.1, 0.15) is 18.4 Å². The largest absolute Gasteiger partial charge is 0.373 e. The number of ether oxygens (including phenoxy) is 1. The molecule has 98 valence electrons. The molecule has 2 rings (SSSR count). The van der Waals surface area contributed by atoms with Crippen molar-refractivity contribution in [1.82, 2.24) is 0 Å². The highest BCUT2D eigenvalue weighted by Gasteiger charge is 2.29. The first-order valence-electron chi connectivity index (χ1n) is 5.84. The molecule has 0 amide bonds. The lowest BCUT2D eigenvalue weighted by Gasteiger charge is -2.34. The van der Waals surface area contributed by atoms with E-state index in [1.54, 1.807) is 6.07 Å². The maximum absolute atomic E-state index is 10.9. The second-order valence-electron chi connectivity index (χ2n) is 4.54. The van der Waals surface area contributed by atoms with Gasteiger partial charge in [0.05, 0.1) is 23.2 Å². The average Bonchev–Trinajstić information content (AvgIpc) is 2.27. The fraction of sp³-hybridized carbons (Fsp3) is 0.500. The lowest BCUT2D eigenvalue weighted by Crippen LogP contribution is -2.35. The molecule has 1 aromatic carbocycles. The first-order valence-corrected chi connectivity index (χ1v) is 6.22. The Morgan fingerprint density at radius 1 is 1.50 bits per heavy atom. The summed E-state index contributed by atoms with van der Waals surface area (Å²) in [6.07, 6.45) is 2.03. The lowest BCUT2D eigenvalue weighted by molar-refractivity contribution is -0.386. The third-order valence-corrected chi connectivity index (χ3v) is 3.47. The normalized spacial score (nSPS) is 22.6. The van der Waals surface area contributed by atoms with Crippen molar-refractivity contribution >= 4 is 17.3 Å². The Bertz CT molecular complexity index is 447. The summed E-state index contributed by atoms with van der Waals surface area (Å²) in [6.45, 7) is 0.899. The second kappa shape index (κ2) is 5.65. The van der Waals surface area contributed by atoms with Gasteiger partial charge >= 0.3 is 0 Å². The van der Waals surface area contributed by atoms with Crippen LogP contribution in [0.4, 0.5) is 5.69 Å². The molecular weight excluding hydrogens is 256 g/mol. The average molecular weight is 271 g/mol. The number of benzene rings is 1. The van der Waals surface area contributed by atoms with Crippen molar-refractivity contribution in [3.63, 3.8) is 0 Å². The van der Waals surface area contributed by atoms with Crippen LogP contribution in [0.15, 0.2) is 18.2 Å². The zero-order chi connectivity index (χ0) is 13.1. The highest BCUT2D eigenvalue weighted by molar-refractivity contribution is 6.30. The van der Waals surface area contributed by atoms with Gasteiger partial charge in [0.1, 0.15) is 0 Å². The number of rotatable bonds is 5. The minimum Gasteiger partial charge on any atom is -0.373 e. The number of nitro benzene ring substituents is 1. The van der Waals surface area contributed by atoms with Gasteiger partial charge in [-0.15, -0.1) is 0 Å². The van der Waals surface area contributed by atoms with Crippen molar-refractivity contribution in [3.8, 4) is 0 Å². The molecule has 0 aromatic heterocycles. The predicted molar refractivity (Wildman–Crippen MR) is 68.5 cm³/mol. The number of nitro groups is 1. The molecule has 2 N–H and O–H groups in total. The molecule has 1 aliphatic carbocycles. The van der Waals surface area contributed by atoms with Gasteiger partial charge in [0, 0.05) is 11.1 Å². The van der Waals surface area contributed by atoms with Crippen LogP contribution < -0.4 is 5.73 Å². The van der Waals surface area contributed by atoms with E-state index >= 15 is 0 Å². The van der Waals surface area contributed by atoms with Gasteiger partial charge in [0.2, 0.25) is 0 Å². The van der Waals surface area contributed by atoms with Crippen LogP contribution >= 0.6 is 11.6 Å². The van der Waals surface area contributed by atoms with Gasteiger partial charge in [-0.25, -0.2) is 0 Å². The molecule has 6 heteroatoms. The van der Waals surface area contributed by atoms with Crippen molar-refractivity contribution in [2.24, 2.45) is 11.7 Å². The van der Waals surface area contributed by atoms with E-state index in [2.05, 4.69) is 0 Å². The molecule has 0 heterocycles. The zero-order valence-corrected chi connectivity index (χ0v) is 10.6. The van der Waals surface area contributed by atoms with Crippen LogP contribution in [-0.2, 0) is 11.3 Å². The number of nitrogens with zero attached hydrogens (tertiary/aromatic N) is 1. The van der Waals surface area contributed by atoms with Crippen LogP contribution in [0.5, 0.6) is 0 Å². The van der Waals surface area contributed by atoms with Crippen molar-refractivity contribution in [2.45, 2.75) is 25.6 Å².